The van der Waals surface area contributed by atoms with E-state index in [-0.39, 0.29) is 30.0 Å². The molecule has 0 aromatic rings. The predicted molar refractivity (Wildman–Crippen MR) is 320 cm³/mol. The second-order valence-electron chi connectivity index (χ2n) is 30.0. The summed E-state index contributed by atoms with van der Waals surface area (Å²) >= 11 is 0. The van der Waals surface area contributed by atoms with Crippen molar-refractivity contribution in [2.45, 2.75) is 290 Å². The van der Waals surface area contributed by atoms with Crippen molar-refractivity contribution in [2.75, 3.05) is 40.1 Å². The van der Waals surface area contributed by atoms with Crippen molar-refractivity contribution < 1.29 is 153 Å². The Balaban J connectivity index is 0.828. The number of hydrogen-bond acceptors (Lipinski definition) is 31. The summed E-state index contributed by atoms with van der Waals surface area (Å²) in [7, 11) is 1.19. The van der Waals surface area contributed by atoms with Gasteiger partial charge >= 0.3 is 5.97 Å². The number of carbonyl (C=O) groups excluding carboxylic acids is 2. The molecule has 31 heteroatoms. The highest BCUT2D eigenvalue weighted by Gasteiger charge is 2.79. The smallest absolute Gasteiger partial charge is 0.314 e. The van der Waals surface area contributed by atoms with Crippen molar-refractivity contribution >= 4 is 11.8 Å². The minimum atomic E-state index is -2.04. The molecule has 10 fully saturated rings. The van der Waals surface area contributed by atoms with Gasteiger partial charge in [-0.1, -0.05) is 44.9 Å². The van der Waals surface area contributed by atoms with E-state index in [4.69, 9.17) is 66.3 Å². The maximum absolute atomic E-state index is 14.5. The van der Waals surface area contributed by atoms with Crippen LogP contribution in [0.3, 0.4) is 0 Å². The molecule has 11 aliphatic rings. The Hall–Kier alpha value is -2.50. The van der Waals surface area contributed by atoms with Crippen molar-refractivity contribution in [2.24, 2.45) is 39.4 Å². The lowest BCUT2D eigenvalue weighted by Gasteiger charge is -2.63. The Morgan fingerprint density at radius 3 is 1.78 bits per heavy atom. The zero-order chi connectivity index (χ0) is 69.8. The number of esters is 1. The summed E-state index contributed by atoms with van der Waals surface area (Å²) in [6, 6.07) is 0. The first kappa shape index (κ1) is 74.7. The number of fused-ring (bicyclic) bond motifs is 4. The Morgan fingerprint density at radius 1 is 0.583 bits per heavy atom. The number of carbonyl (C=O) groups is 2. The summed E-state index contributed by atoms with van der Waals surface area (Å²) < 4.78 is 84.2. The number of rotatable bonds is 20. The lowest BCUT2D eigenvalue weighted by Crippen LogP contribution is -2.67. The average molecular weight is 1380 g/mol. The molecule has 0 aromatic carbocycles. The number of methoxy groups -OCH3 is 1. The molecule has 0 bridgehead atoms. The van der Waals surface area contributed by atoms with Crippen LogP contribution in [-0.4, -0.2) is 312 Å². The first-order valence-corrected chi connectivity index (χ1v) is 33.7. The zero-order valence-corrected chi connectivity index (χ0v) is 55.4. The average Bonchev–Trinajstić information content (AvgIpc) is 1.45. The highest BCUT2D eigenvalue weighted by Crippen LogP contribution is 2.75. The SMILES string of the molecule is C=C(C)CCCC1(C)OC(=O)C23CC=C4C(CCC5C4(C)CCC(OC4OCC(OC6OC(CO)C(O)C(OC7OC(CO)C(O)C(OC)C7O)C6O)C(O)C4OC4OC(C)C(OC6OCC(O)C(OC7OC(CO)C(O)C(O)C7O)C6O)C(O)C4O)C5(C)C)C2(C)CC(=O)C13. The van der Waals surface area contributed by atoms with Crippen LogP contribution in [0.4, 0.5) is 0 Å². The van der Waals surface area contributed by atoms with E-state index in [9.17, 15) is 86.2 Å². The molecule has 4 aliphatic carbocycles. The van der Waals surface area contributed by atoms with E-state index in [1.54, 1.807) is 0 Å². The number of aliphatic hydroxyl groups is 15. The molecule has 0 radical (unpaired) electrons. The van der Waals surface area contributed by atoms with Crippen molar-refractivity contribution in [1.82, 2.24) is 0 Å². The van der Waals surface area contributed by atoms with Crippen LogP contribution in [0.1, 0.15) is 106 Å². The van der Waals surface area contributed by atoms with Crippen LogP contribution in [0.2, 0.25) is 0 Å². The monoisotopic (exact) mass is 1380 g/mol. The molecular formula is C65H102O31. The molecule has 11 rings (SSSR count). The molecule has 96 heavy (non-hydrogen) atoms. The molecule has 0 amide bonds. The number of hydrogen-bond donors (Lipinski definition) is 15. The van der Waals surface area contributed by atoms with Gasteiger partial charge in [-0.3, -0.25) is 9.59 Å². The summed E-state index contributed by atoms with van der Waals surface area (Å²) in [5, 5.41) is 165. The minimum absolute atomic E-state index is 0.0531. The topological polar surface area (TPSA) is 467 Å². The largest absolute Gasteiger partial charge is 0.458 e. The highest BCUT2D eigenvalue weighted by atomic mass is 16.8. The van der Waals surface area contributed by atoms with E-state index in [0.717, 1.165) is 18.4 Å². The van der Waals surface area contributed by atoms with Crippen LogP contribution in [0.25, 0.3) is 0 Å². The molecule has 7 saturated heterocycles. The van der Waals surface area contributed by atoms with Gasteiger partial charge in [0.2, 0.25) is 0 Å². The molecule has 36 atom stereocenters. The second kappa shape index (κ2) is 28.6. The summed E-state index contributed by atoms with van der Waals surface area (Å²) in [5.41, 5.74) is -1.58. The Kier molecular flexibility index (Phi) is 22.3. The van der Waals surface area contributed by atoms with Crippen LogP contribution in [0.15, 0.2) is 23.8 Å². The van der Waals surface area contributed by atoms with E-state index in [1.807, 2.05) is 13.8 Å². The van der Waals surface area contributed by atoms with Gasteiger partial charge in [-0.05, 0) is 100 Å². The molecule has 15 N–H and O–H groups in total. The third-order valence-electron chi connectivity index (χ3n) is 23.7. The third kappa shape index (κ3) is 12.7. The molecule has 3 saturated carbocycles. The van der Waals surface area contributed by atoms with Gasteiger partial charge in [0.05, 0.1) is 56.6 Å². The normalized spacial score (nSPS) is 52.6. The summed E-state index contributed by atoms with van der Waals surface area (Å²) in [5.74, 6) is -1.01. The van der Waals surface area contributed by atoms with Crippen molar-refractivity contribution in [3.63, 3.8) is 0 Å². The molecule has 548 valence electrons. The summed E-state index contributed by atoms with van der Waals surface area (Å²) in [6.45, 7) is 14.4. The molecule has 31 nitrogen and oxygen atoms in total. The van der Waals surface area contributed by atoms with E-state index < -0.39 is 244 Å². The van der Waals surface area contributed by atoms with Crippen LogP contribution in [0.5, 0.6) is 0 Å². The molecule has 1 spiro atoms. The number of cyclic esters (lactones) is 1. The number of aliphatic hydroxyl groups excluding tert-OH is 15. The van der Waals surface area contributed by atoms with Gasteiger partial charge in [0.15, 0.2) is 37.7 Å². The van der Waals surface area contributed by atoms with Gasteiger partial charge in [-0.15, -0.1) is 6.58 Å². The van der Waals surface area contributed by atoms with Crippen LogP contribution in [0, 0.1) is 39.4 Å². The number of Topliss-reactive ketones (excluding diaryl/α,β-unsaturated/α-hetero) is 1. The Labute approximate surface area is 555 Å². The van der Waals surface area contributed by atoms with Crippen LogP contribution >= 0.6 is 0 Å². The van der Waals surface area contributed by atoms with Crippen molar-refractivity contribution in [3.05, 3.63) is 23.8 Å². The van der Waals surface area contributed by atoms with Gasteiger partial charge in [0, 0.05) is 13.5 Å². The zero-order valence-electron chi connectivity index (χ0n) is 55.4. The van der Waals surface area contributed by atoms with E-state index in [2.05, 4.69) is 40.3 Å². The summed E-state index contributed by atoms with van der Waals surface area (Å²) in [6.07, 6.45) is -41.1. The fourth-order valence-electron chi connectivity index (χ4n) is 18.5. The van der Waals surface area contributed by atoms with Gasteiger partial charge in [0.25, 0.3) is 0 Å². The van der Waals surface area contributed by atoms with Gasteiger partial charge < -0.3 is 143 Å². The van der Waals surface area contributed by atoms with Crippen LogP contribution < -0.4 is 0 Å². The fourth-order valence-corrected chi connectivity index (χ4v) is 18.5. The molecule has 0 aromatic heterocycles. The maximum Gasteiger partial charge on any atom is 0.314 e. The molecule has 36 unspecified atom stereocenters. The Bertz CT molecular complexity index is 2760. The lowest BCUT2D eigenvalue weighted by atomic mass is 9.41. The predicted octanol–water partition coefficient (Wildman–Crippen LogP) is -3.92. The van der Waals surface area contributed by atoms with Crippen molar-refractivity contribution in [1.29, 1.82) is 0 Å². The maximum atomic E-state index is 14.5. The van der Waals surface area contributed by atoms with Gasteiger partial charge in [-0.25, -0.2) is 0 Å². The third-order valence-corrected chi connectivity index (χ3v) is 23.7. The number of ketones is 1. The molecule has 7 heterocycles. The highest BCUT2D eigenvalue weighted by molar-refractivity contribution is 5.99. The first-order chi connectivity index (χ1) is 45.3. The van der Waals surface area contributed by atoms with E-state index in [1.165, 1.54) is 19.6 Å². The van der Waals surface area contributed by atoms with Crippen LogP contribution in [-0.2, 0) is 75.9 Å². The van der Waals surface area contributed by atoms with Gasteiger partial charge in [0.1, 0.15) is 140 Å². The Morgan fingerprint density at radius 2 is 1.14 bits per heavy atom. The first-order valence-electron chi connectivity index (χ1n) is 33.7. The second-order valence-corrected chi connectivity index (χ2v) is 30.0. The summed E-state index contributed by atoms with van der Waals surface area (Å²) in [4.78, 5) is 29.0. The molecule has 7 aliphatic heterocycles. The molecular weight excluding hydrogens is 1280 g/mol. The van der Waals surface area contributed by atoms with Gasteiger partial charge in [-0.2, -0.15) is 0 Å². The fraction of sp³-hybridized carbons (Fsp3) is 0.908. The minimum Gasteiger partial charge on any atom is -0.458 e. The number of allylic oxidation sites excluding steroid dienone is 3. The van der Waals surface area contributed by atoms with Crippen molar-refractivity contribution in [3.8, 4) is 0 Å². The standard InChI is InChI=1S/C65H102O31/c1-25(2)11-10-16-64(8)53-29(69)19-63(7)28-12-13-35-61(4,5)36(15-17-62(35,6)27(28)14-18-65(53,63)60(82)96-64)91-59-52(40(74)34(24-85-59)90-57-47(81)51(39(73)33(22-68)88-57)94-58-46(80)50(83-9)38(72)32(21-67)89-58)95-55-44(78)42(76)48(26(3)86-55)92-54-45(79)49(30(70)23-84-54)93-56-43(77)41(75)37(71)31(20-66)87-56/h14,26,28,30-59,66-68,70-81H,1,10-13,15-24H2,2-9H3. The van der Waals surface area contributed by atoms with E-state index >= 15 is 0 Å². The lowest BCUT2D eigenvalue weighted by molar-refractivity contribution is -0.394. The quantitative estimate of drug-likeness (QED) is 0.0315. The number of ether oxygens (including phenoxy) is 14. The van der Waals surface area contributed by atoms with E-state index in [0.29, 0.717) is 38.5 Å².